The van der Waals surface area contributed by atoms with E-state index in [4.69, 9.17) is 21.7 Å². The van der Waals surface area contributed by atoms with E-state index >= 15 is 0 Å². The Bertz CT molecular complexity index is 662. The summed E-state index contributed by atoms with van der Waals surface area (Å²) < 4.78 is 10.8. The Balaban J connectivity index is 1.55. The summed E-state index contributed by atoms with van der Waals surface area (Å²) in [6, 6.07) is 7.48. The van der Waals surface area contributed by atoms with E-state index in [2.05, 4.69) is 5.32 Å². The smallest absolute Gasteiger partial charge is 0.309 e. The van der Waals surface area contributed by atoms with Gasteiger partial charge in [0.1, 0.15) is 10.1 Å². The maximum Gasteiger partial charge on any atom is 0.309 e. The van der Waals surface area contributed by atoms with Crippen molar-refractivity contribution in [2.75, 3.05) is 32.1 Å². The molecule has 0 atom stereocenters. The molecule has 1 aromatic rings. The number of nitrogens with zero attached hydrogens (tertiary/aromatic N) is 1. The van der Waals surface area contributed by atoms with Crippen LogP contribution in [0.1, 0.15) is 12.0 Å². The van der Waals surface area contributed by atoms with Gasteiger partial charge in [-0.15, -0.1) is 0 Å². The Hall–Kier alpha value is -2.13. The summed E-state index contributed by atoms with van der Waals surface area (Å²) >= 11 is 6.35. The molecule has 0 unspecified atom stereocenters. The first-order valence-corrected chi connectivity index (χ1v) is 9.44. The first kappa shape index (κ1) is 20.2. The summed E-state index contributed by atoms with van der Waals surface area (Å²) in [4.78, 5) is 36.2. The first-order valence-electron chi connectivity index (χ1n) is 8.04. The predicted octanol–water partition coefficient (Wildman–Crippen LogP) is 1.28. The number of benzene rings is 1. The molecule has 0 aromatic heterocycles. The van der Waals surface area contributed by atoms with Gasteiger partial charge >= 0.3 is 5.97 Å². The van der Waals surface area contributed by atoms with Crippen LogP contribution in [0.3, 0.4) is 0 Å². The number of hydrogen-bond donors (Lipinski definition) is 1. The zero-order valence-electron chi connectivity index (χ0n) is 14.4. The summed E-state index contributed by atoms with van der Waals surface area (Å²) in [6.45, 7) is 2.35. The van der Waals surface area contributed by atoms with Crippen LogP contribution < -0.4 is 10.1 Å². The molecule has 140 valence electrons. The minimum Gasteiger partial charge on any atom is -0.493 e. The highest BCUT2D eigenvalue weighted by Gasteiger charge is 2.25. The number of carbonyl (C=O) groups excluding carboxylic acids is 3. The number of thioether (sulfide) groups is 1. The third-order valence-corrected chi connectivity index (χ3v) is 4.89. The zero-order chi connectivity index (χ0) is 18.9. The van der Waals surface area contributed by atoms with E-state index in [0.29, 0.717) is 22.4 Å². The SMILES string of the molecule is Cc1ccc(OCCC(=O)OCC(=O)NCCN2C(=O)CSC2=S)cc1. The fraction of sp³-hybridized carbons (Fsp3) is 0.412. The van der Waals surface area contributed by atoms with Crippen LogP contribution in [0, 0.1) is 6.92 Å². The number of amides is 2. The molecule has 9 heteroatoms. The minimum atomic E-state index is -0.514. The maximum atomic E-state index is 11.7. The van der Waals surface area contributed by atoms with Crippen LogP contribution in [0.25, 0.3) is 0 Å². The fourth-order valence-electron chi connectivity index (χ4n) is 2.06. The third kappa shape index (κ3) is 6.64. The average Bonchev–Trinajstić information content (AvgIpc) is 2.93. The lowest BCUT2D eigenvalue weighted by molar-refractivity contribution is -0.149. The minimum absolute atomic E-state index is 0.0505. The molecule has 1 aliphatic heterocycles. The molecular weight excluding hydrogens is 376 g/mol. The molecule has 0 saturated carbocycles. The van der Waals surface area contributed by atoms with E-state index in [1.807, 2.05) is 31.2 Å². The van der Waals surface area contributed by atoms with E-state index in [1.54, 1.807) is 0 Å². The Kier molecular flexibility index (Phi) is 7.86. The molecule has 0 radical (unpaired) electrons. The van der Waals surface area contributed by atoms with Crippen molar-refractivity contribution in [1.82, 2.24) is 10.2 Å². The molecule has 2 rings (SSSR count). The van der Waals surface area contributed by atoms with Crippen molar-refractivity contribution in [2.24, 2.45) is 0 Å². The van der Waals surface area contributed by atoms with E-state index in [1.165, 1.54) is 16.7 Å². The molecule has 0 bridgehead atoms. The molecule has 1 aliphatic rings. The van der Waals surface area contributed by atoms with Crippen LogP contribution in [-0.2, 0) is 19.1 Å². The van der Waals surface area contributed by atoms with Crippen LogP contribution in [0.15, 0.2) is 24.3 Å². The van der Waals surface area contributed by atoms with Gasteiger partial charge in [0.05, 0.1) is 18.8 Å². The van der Waals surface area contributed by atoms with Crippen LogP contribution in [0.4, 0.5) is 0 Å². The molecular formula is C17H20N2O5S2. The highest BCUT2D eigenvalue weighted by atomic mass is 32.2. The average molecular weight is 396 g/mol. The molecule has 0 aliphatic carbocycles. The normalized spacial score (nSPS) is 13.7. The van der Waals surface area contributed by atoms with Gasteiger partial charge in [-0.25, -0.2) is 0 Å². The summed E-state index contributed by atoms with van der Waals surface area (Å²) in [6.07, 6.45) is 0.0505. The standard InChI is InChI=1S/C17H20N2O5S2/c1-12-2-4-13(5-3-12)23-9-6-16(22)24-10-14(20)18-7-8-19-15(21)11-26-17(19)25/h2-5H,6-11H2,1H3,(H,18,20). The van der Waals surface area contributed by atoms with Gasteiger partial charge in [0.15, 0.2) is 6.61 Å². The molecule has 1 N–H and O–H groups in total. The Morgan fingerprint density at radius 1 is 1.31 bits per heavy atom. The molecule has 1 saturated heterocycles. The van der Waals surface area contributed by atoms with Crippen LogP contribution in [0.2, 0.25) is 0 Å². The van der Waals surface area contributed by atoms with Gasteiger partial charge in [-0.1, -0.05) is 41.7 Å². The second kappa shape index (κ2) is 10.1. The topological polar surface area (TPSA) is 84.9 Å². The Morgan fingerprint density at radius 3 is 2.69 bits per heavy atom. The van der Waals surface area contributed by atoms with Crippen molar-refractivity contribution in [2.45, 2.75) is 13.3 Å². The van der Waals surface area contributed by atoms with Crippen LogP contribution in [-0.4, -0.2) is 59.1 Å². The lowest BCUT2D eigenvalue weighted by atomic mass is 10.2. The summed E-state index contributed by atoms with van der Waals surface area (Å²) in [5.74, 6) is 0.0141. The van der Waals surface area contributed by atoms with Gasteiger partial charge in [0.25, 0.3) is 5.91 Å². The van der Waals surface area contributed by atoms with Gasteiger partial charge < -0.3 is 14.8 Å². The zero-order valence-corrected chi connectivity index (χ0v) is 16.0. The van der Waals surface area contributed by atoms with E-state index < -0.39 is 11.9 Å². The molecule has 7 nitrogen and oxygen atoms in total. The highest BCUT2D eigenvalue weighted by molar-refractivity contribution is 8.23. The van der Waals surface area contributed by atoms with Crippen LogP contribution >= 0.6 is 24.0 Å². The van der Waals surface area contributed by atoms with Crippen molar-refractivity contribution in [3.63, 3.8) is 0 Å². The van der Waals surface area contributed by atoms with E-state index in [9.17, 15) is 14.4 Å². The predicted molar refractivity (Wildman–Crippen MR) is 102 cm³/mol. The van der Waals surface area contributed by atoms with Gasteiger partial charge in [0, 0.05) is 13.1 Å². The highest BCUT2D eigenvalue weighted by Crippen LogP contribution is 2.18. The Labute approximate surface area is 161 Å². The fourth-order valence-corrected chi connectivity index (χ4v) is 3.18. The second-order valence-corrected chi connectivity index (χ2v) is 7.13. The number of ether oxygens (including phenoxy) is 2. The molecule has 26 heavy (non-hydrogen) atoms. The maximum absolute atomic E-state index is 11.7. The van der Waals surface area contributed by atoms with Gasteiger partial charge in [-0.3, -0.25) is 19.3 Å². The molecule has 2 amide bonds. The van der Waals surface area contributed by atoms with Crippen molar-refractivity contribution in [3.8, 4) is 5.75 Å². The summed E-state index contributed by atoms with van der Waals surface area (Å²) in [7, 11) is 0. The van der Waals surface area contributed by atoms with Crippen molar-refractivity contribution in [1.29, 1.82) is 0 Å². The number of hydrogen-bond acceptors (Lipinski definition) is 7. The van der Waals surface area contributed by atoms with Gasteiger partial charge in [-0.2, -0.15) is 0 Å². The molecule has 1 aromatic carbocycles. The monoisotopic (exact) mass is 396 g/mol. The number of rotatable bonds is 9. The van der Waals surface area contributed by atoms with Crippen molar-refractivity contribution in [3.05, 3.63) is 29.8 Å². The van der Waals surface area contributed by atoms with Gasteiger partial charge in [-0.05, 0) is 19.1 Å². The largest absolute Gasteiger partial charge is 0.493 e. The number of carbonyl (C=O) groups is 3. The number of nitrogens with one attached hydrogen (secondary N) is 1. The molecule has 1 heterocycles. The number of thiocarbonyl (C=S) groups is 1. The van der Waals surface area contributed by atoms with E-state index in [0.717, 1.165) is 5.56 Å². The summed E-state index contributed by atoms with van der Waals surface area (Å²) in [5, 5.41) is 2.58. The first-order chi connectivity index (χ1) is 12.5. The van der Waals surface area contributed by atoms with Crippen molar-refractivity contribution >= 4 is 46.1 Å². The lowest BCUT2D eigenvalue weighted by Crippen LogP contribution is -2.38. The Morgan fingerprint density at radius 2 is 2.04 bits per heavy atom. The van der Waals surface area contributed by atoms with Crippen LogP contribution in [0.5, 0.6) is 5.75 Å². The number of aryl methyl sites for hydroxylation is 1. The molecule has 0 spiro atoms. The lowest BCUT2D eigenvalue weighted by Gasteiger charge is -2.15. The third-order valence-electron chi connectivity index (χ3n) is 3.46. The molecule has 1 fully saturated rings. The van der Waals surface area contributed by atoms with Gasteiger partial charge in [0.2, 0.25) is 5.91 Å². The number of esters is 1. The summed E-state index contributed by atoms with van der Waals surface area (Å²) in [5.41, 5.74) is 1.12. The van der Waals surface area contributed by atoms with E-state index in [-0.39, 0.29) is 32.1 Å². The second-order valence-electron chi connectivity index (χ2n) is 5.52. The quantitative estimate of drug-likeness (QED) is 0.497. The van der Waals surface area contributed by atoms with Crippen molar-refractivity contribution < 1.29 is 23.9 Å².